The lowest BCUT2D eigenvalue weighted by Crippen LogP contribution is -1.95. The van der Waals surface area contributed by atoms with E-state index < -0.39 is 0 Å². The lowest BCUT2D eigenvalue weighted by molar-refractivity contribution is 0.461. The van der Waals surface area contributed by atoms with Crippen LogP contribution in [0.5, 0.6) is 11.6 Å². The van der Waals surface area contributed by atoms with E-state index in [1.54, 1.807) is 6.07 Å². The van der Waals surface area contributed by atoms with Crippen LogP contribution in [0.15, 0.2) is 36.4 Å². The van der Waals surface area contributed by atoms with Gasteiger partial charge in [-0.1, -0.05) is 53.0 Å². The van der Waals surface area contributed by atoms with Crippen molar-refractivity contribution in [2.75, 3.05) is 0 Å². The Balaban J connectivity index is 2.11. The molecule has 0 fully saturated rings. The first kappa shape index (κ1) is 14.4. The second-order valence-corrected chi connectivity index (χ2v) is 5.66. The number of fused-ring (bicyclic) bond motifs is 1. The predicted molar refractivity (Wildman–Crippen MR) is 85.8 cm³/mol. The fourth-order valence-electron chi connectivity index (χ4n) is 1.98. The van der Waals surface area contributed by atoms with Crippen molar-refractivity contribution < 1.29 is 4.74 Å². The summed E-state index contributed by atoms with van der Waals surface area (Å²) < 4.78 is 5.76. The number of nitrogens with zero attached hydrogens (tertiary/aromatic N) is 2. The van der Waals surface area contributed by atoms with E-state index in [9.17, 15) is 0 Å². The number of hydrogen-bond donors (Lipinski definition) is 0. The molecule has 0 aliphatic heterocycles. The average molecular weight is 340 g/mol. The lowest BCUT2D eigenvalue weighted by atomic mass is 10.1. The van der Waals surface area contributed by atoms with Gasteiger partial charge < -0.3 is 4.74 Å². The molecule has 2 aromatic carbocycles. The number of halogens is 3. The zero-order valence-corrected chi connectivity index (χ0v) is 13.2. The predicted octanol–water partition coefficient (Wildman–Crippen LogP) is 5.69. The van der Waals surface area contributed by atoms with Crippen LogP contribution in [0.3, 0.4) is 0 Å². The van der Waals surface area contributed by atoms with Crippen molar-refractivity contribution in [1.82, 2.24) is 10.2 Å². The van der Waals surface area contributed by atoms with E-state index >= 15 is 0 Å². The molecule has 0 aliphatic carbocycles. The van der Waals surface area contributed by atoms with E-state index in [1.807, 2.05) is 31.2 Å². The molecule has 0 aliphatic rings. The van der Waals surface area contributed by atoms with Gasteiger partial charge in [0.15, 0.2) is 0 Å². The van der Waals surface area contributed by atoms with Gasteiger partial charge in [-0.3, -0.25) is 0 Å². The Morgan fingerprint density at radius 1 is 0.857 bits per heavy atom. The molecule has 0 unspecified atom stereocenters. The molecule has 106 valence electrons. The largest absolute Gasteiger partial charge is 0.435 e. The highest BCUT2D eigenvalue weighted by atomic mass is 35.5. The molecule has 1 aromatic heterocycles. The first-order chi connectivity index (χ1) is 10.1. The second kappa shape index (κ2) is 5.68. The molecule has 0 bridgehead atoms. The summed E-state index contributed by atoms with van der Waals surface area (Å²) in [7, 11) is 0. The molecule has 21 heavy (non-hydrogen) atoms. The minimum absolute atomic E-state index is 0.357. The third kappa shape index (κ3) is 2.77. The Morgan fingerprint density at radius 3 is 2.29 bits per heavy atom. The van der Waals surface area contributed by atoms with Crippen LogP contribution >= 0.6 is 34.8 Å². The molecule has 0 saturated carbocycles. The molecule has 0 amide bonds. The van der Waals surface area contributed by atoms with Gasteiger partial charge in [-0.2, -0.15) is 5.10 Å². The molecule has 6 heteroatoms. The Hall–Kier alpha value is -1.55. The van der Waals surface area contributed by atoms with Crippen LogP contribution in [0.25, 0.3) is 10.8 Å². The van der Waals surface area contributed by atoms with E-state index in [2.05, 4.69) is 10.2 Å². The Kier molecular flexibility index (Phi) is 3.89. The maximum Gasteiger partial charge on any atom is 0.246 e. The molecular weight excluding hydrogens is 331 g/mol. The van der Waals surface area contributed by atoms with Crippen molar-refractivity contribution in [2.24, 2.45) is 0 Å². The van der Waals surface area contributed by atoms with E-state index in [0.717, 1.165) is 16.5 Å². The molecule has 1 heterocycles. The van der Waals surface area contributed by atoms with Gasteiger partial charge in [-0.15, -0.1) is 5.10 Å². The lowest BCUT2D eigenvalue weighted by Gasteiger charge is -2.10. The fraction of sp³-hybridized carbons (Fsp3) is 0.0667. The summed E-state index contributed by atoms with van der Waals surface area (Å²) in [5.74, 6) is 0.755. The van der Waals surface area contributed by atoms with Gasteiger partial charge in [-0.25, -0.2) is 0 Å². The monoisotopic (exact) mass is 338 g/mol. The topological polar surface area (TPSA) is 35.0 Å². The molecule has 3 nitrogen and oxygen atoms in total. The Morgan fingerprint density at radius 2 is 1.52 bits per heavy atom. The molecule has 3 aromatic rings. The highest BCUT2D eigenvalue weighted by Crippen LogP contribution is 2.37. The molecule has 0 radical (unpaired) electrons. The zero-order chi connectivity index (χ0) is 15.0. The molecule has 0 atom stereocenters. The van der Waals surface area contributed by atoms with Gasteiger partial charge in [0.2, 0.25) is 5.88 Å². The summed E-state index contributed by atoms with van der Waals surface area (Å²) in [5.41, 5.74) is 0.832. The van der Waals surface area contributed by atoms with E-state index in [-0.39, 0.29) is 0 Å². The minimum atomic E-state index is 0.357. The number of benzene rings is 2. The van der Waals surface area contributed by atoms with Gasteiger partial charge in [0.1, 0.15) is 5.75 Å². The summed E-state index contributed by atoms with van der Waals surface area (Å²) in [5, 5.41) is 11.1. The quantitative estimate of drug-likeness (QED) is 0.562. The number of aryl methyl sites for hydroxylation is 1. The van der Waals surface area contributed by atoms with E-state index in [0.29, 0.717) is 26.7 Å². The van der Waals surface area contributed by atoms with Gasteiger partial charge in [-0.05, 0) is 19.1 Å². The summed E-state index contributed by atoms with van der Waals surface area (Å²) in [6.07, 6.45) is 0. The first-order valence-electron chi connectivity index (χ1n) is 6.10. The van der Waals surface area contributed by atoms with Crippen molar-refractivity contribution in [1.29, 1.82) is 0 Å². The maximum atomic E-state index is 6.12. The Labute approximate surface area is 136 Å². The summed E-state index contributed by atoms with van der Waals surface area (Å²) in [6, 6.07) is 10.8. The summed E-state index contributed by atoms with van der Waals surface area (Å²) >= 11 is 18.0. The molecule has 3 rings (SSSR count). The van der Waals surface area contributed by atoms with Crippen LogP contribution in [0.1, 0.15) is 5.69 Å². The second-order valence-electron chi connectivity index (χ2n) is 4.43. The third-order valence-electron chi connectivity index (χ3n) is 3.02. The highest BCUT2D eigenvalue weighted by molar-refractivity contribution is 6.43. The van der Waals surface area contributed by atoms with Crippen molar-refractivity contribution in [3.63, 3.8) is 0 Å². The number of rotatable bonds is 2. The van der Waals surface area contributed by atoms with Crippen LogP contribution in [0.4, 0.5) is 0 Å². The average Bonchev–Trinajstić information content (AvgIpc) is 2.48. The number of hydrogen-bond acceptors (Lipinski definition) is 3. The normalized spacial score (nSPS) is 10.9. The maximum absolute atomic E-state index is 6.12. The van der Waals surface area contributed by atoms with Gasteiger partial charge in [0, 0.05) is 16.8 Å². The van der Waals surface area contributed by atoms with E-state index in [1.165, 1.54) is 6.07 Å². The van der Waals surface area contributed by atoms with Crippen molar-refractivity contribution in [2.45, 2.75) is 6.92 Å². The molecule has 0 saturated heterocycles. The molecule has 0 N–H and O–H groups in total. The fourth-order valence-corrected chi connectivity index (χ4v) is 2.55. The van der Waals surface area contributed by atoms with Crippen LogP contribution in [-0.2, 0) is 0 Å². The summed E-state index contributed by atoms with van der Waals surface area (Å²) in [4.78, 5) is 0. The third-order valence-corrected chi connectivity index (χ3v) is 4.04. The SMILES string of the molecule is Cc1nnc(Oc2cc(Cl)c(Cl)cc2Cl)c2ccccc12. The smallest absolute Gasteiger partial charge is 0.246 e. The van der Waals surface area contributed by atoms with Crippen LogP contribution in [0, 0.1) is 6.92 Å². The first-order valence-corrected chi connectivity index (χ1v) is 7.24. The van der Waals surface area contributed by atoms with Crippen LogP contribution in [-0.4, -0.2) is 10.2 Å². The zero-order valence-electron chi connectivity index (χ0n) is 10.9. The van der Waals surface area contributed by atoms with Crippen molar-refractivity contribution in [3.8, 4) is 11.6 Å². The summed E-state index contributed by atoms with van der Waals surface area (Å²) in [6.45, 7) is 1.89. The minimum Gasteiger partial charge on any atom is -0.435 e. The van der Waals surface area contributed by atoms with Crippen molar-refractivity contribution >= 4 is 45.6 Å². The number of ether oxygens (including phenoxy) is 1. The van der Waals surface area contributed by atoms with Gasteiger partial charge in [0.05, 0.1) is 20.8 Å². The standard InChI is InChI=1S/C15H9Cl3N2O/c1-8-9-4-2-3-5-10(9)15(20-19-8)21-14-7-12(17)11(16)6-13(14)18/h2-7H,1H3. The van der Waals surface area contributed by atoms with Gasteiger partial charge >= 0.3 is 0 Å². The molecule has 0 spiro atoms. The van der Waals surface area contributed by atoms with Crippen molar-refractivity contribution in [3.05, 3.63) is 57.2 Å². The number of aromatic nitrogens is 2. The van der Waals surface area contributed by atoms with E-state index in [4.69, 9.17) is 39.5 Å². The highest BCUT2D eigenvalue weighted by Gasteiger charge is 2.12. The van der Waals surface area contributed by atoms with Crippen LogP contribution in [0.2, 0.25) is 15.1 Å². The van der Waals surface area contributed by atoms with Crippen LogP contribution < -0.4 is 4.74 Å². The molecular formula is C15H9Cl3N2O. The van der Waals surface area contributed by atoms with Gasteiger partial charge in [0.25, 0.3) is 0 Å². The Bertz CT molecular complexity index is 837.